The van der Waals surface area contributed by atoms with Crippen LogP contribution in [0.1, 0.15) is 12.0 Å². The SMILES string of the molecule is CN1CCN(C2=Nc3ccccc3N=C(c3ccc(Cl)cc3)C2)CC1. The van der Waals surface area contributed by atoms with Gasteiger partial charge in [0.2, 0.25) is 0 Å². The Hall–Kier alpha value is -2.17. The van der Waals surface area contributed by atoms with Gasteiger partial charge in [0.1, 0.15) is 5.84 Å². The van der Waals surface area contributed by atoms with Gasteiger partial charge in [-0.15, -0.1) is 0 Å². The average molecular weight is 353 g/mol. The summed E-state index contributed by atoms with van der Waals surface area (Å²) in [6.07, 6.45) is 0.736. The standard InChI is InChI=1S/C20H21ClN4/c1-24-10-12-25(13-11-24)20-14-19(15-6-8-16(21)9-7-15)22-17-4-2-3-5-18(17)23-20/h2-9H,10-14H2,1H3. The number of nitrogens with zero attached hydrogens (tertiary/aromatic N) is 4. The van der Waals surface area contributed by atoms with Crippen LogP contribution in [0.3, 0.4) is 0 Å². The summed E-state index contributed by atoms with van der Waals surface area (Å²) in [6.45, 7) is 4.14. The fourth-order valence-corrected chi connectivity index (χ4v) is 3.35. The van der Waals surface area contributed by atoms with Crippen LogP contribution in [0.15, 0.2) is 58.5 Å². The van der Waals surface area contributed by atoms with Gasteiger partial charge in [0.25, 0.3) is 0 Å². The fraction of sp³-hybridized carbons (Fsp3) is 0.300. The van der Waals surface area contributed by atoms with Gasteiger partial charge in [-0.05, 0) is 36.9 Å². The van der Waals surface area contributed by atoms with Gasteiger partial charge in [0.15, 0.2) is 0 Å². The maximum absolute atomic E-state index is 6.05. The van der Waals surface area contributed by atoms with Crippen LogP contribution >= 0.6 is 11.6 Å². The van der Waals surface area contributed by atoms with Gasteiger partial charge < -0.3 is 9.80 Å². The Morgan fingerprint density at radius 2 is 1.48 bits per heavy atom. The molecule has 128 valence electrons. The molecular formula is C20H21ClN4. The Labute approximate surface area is 153 Å². The molecule has 0 atom stereocenters. The van der Waals surface area contributed by atoms with E-state index in [0.29, 0.717) is 0 Å². The number of hydrogen-bond acceptors (Lipinski definition) is 4. The van der Waals surface area contributed by atoms with Crippen molar-refractivity contribution in [3.8, 4) is 0 Å². The van der Waals surface area contributed by atoms with Crippen molar-refractivity contribution in [1.29, 1.82) is 0 Å². The molecule has 5 heteroatoms. The summed E-state index contributed by atoms with van der Waals surface area (Å²) in [5, 5.41) is 0.742. The number of aliphatic imine (C=N–C) groups is 2. The quantitative estimate of drug-likeness (QED) is 0.772. The third-order valence-corrected chi connectivity index (χ3v) is 5.01. The maximum Gasteiger partial charge on any atom is 0.111 e. The van der Waals surface area contributed by atoms with Crippen molar-refractivity contribution in [3.63, 3.8) is 0 Å². The predicted molar refractivity (Wildman–Crippen MR) is 105 cm³/mol. The molecule has 25 heavy (non-hydrogen) atoms. The number of hydrogen-bond donors (Lipinski definition) is 0. The third-order valence-electron chi connectivity index (χ3n) is 4.76. The van der Waals surface area contributed by atoms with Crippen molar-refractivity contribution in [2.45, 2.75) is 6.42 Å². The van der Waals surface area contributed by atoms with Crippen molar-refractivity contribution in [2.75, 3.05) is 33.2 Å². The second kappa shape index (κ2) is 6.98. The molecule has 0 spiro atoms. The molecule has 0 unspecified atom stereocenters. The molecule has 0 amide bonds. The zero-order valence-electron chi connectivity index (χ0n) is 14.3. The maximum atomic E-state index is 6.05. The predicted octanol–water partition coefficient (Wildman–Crippen LogP) is 4.14. The number of fused-ring (bicyclic) bond motifs is 1. The first-order valence-electron chi connectivity index (χ1n) is 8.62. The molecule has 2 aliphatic heterocycles. The molecule has 4 nitrogen and oxygen atoms in total. The molecule has 0 aliphatic carbocycles. The summed E-state index contributed by atoms with van der Waals surface area (Å²) < 4.78 is 0. The summed E-state index contributed by atoms with van der Waals surface area (Å²) in [6, 6.07) is 16.0. The van der Waals surface area contributed by atoms with E-state index < -0.39 is 0 Å². The Morgan fingerprint density at radius 3 is 2.16 bits per heavy atom. The van der Waals surface area contributed by atoms with Crippen LogP contribution in [0.4, 0.5) is 11.4 Å². The normalized spacial score (nSPS) is 18.2. The van der Waals surface area contributed by atoms with Gasteiger partial charge in [0.05, 0.1) is 17.1 Å². The number of likely N-dealkylation sites (N-methyl/N-ethyl adjacent to an activating group) is 1. The lowest BCUT2D eigenvalue weighted by atomic mass is 10.1. The highest BCUT2D eigenvalue weighted by molar-refractivity contribution is 6.30. The number of benzene rings is 2. The number of amidine groups is 1. The molecule has 2 heterocycles. The molecule has 1 saturated heterocycles. The van der Waals surface area contributed by atoms with Crippen LogP contribution in [0.5, 0.6) is 0 Å². The summed E-state index contributed by atoms with van der Waals surface area (Å²) in [5.74, 6) is 1.10. The number of para-hydroxylation sites is 2. The topological polar surface area (TPSA) is 31.2 Å². The summed E-state index contributed by atoms with van der Waals surface area (Å²) >= 11 is 6.05. The van der Waals surface area contributed by atoms with Crippen LogP contribution in [0, 0.1) is 0 Å². The zero-order valence-corrected chi connectivity index (χ0v) is 15.1. The second-order valence-electron chi connectivity index (χ2n) is 6.55. The van der Waals surface area contributed by atoms with Crippen LogP contribution in [0.2, 0.25) is 5.02 Å². The Morgan fingerprint density at radius 1 is 0.840 bits per heavy atom. The van der Waals surface area contributed by atoms with E-state index in [1.807, 2.05) is 48.5 Å². The van der Waals surface area contributed by atoms with Crippen molar-refractivity contribution >= 4 is 34.5 Å². The first-order chi connectivity index (χ1) is 12.2. The zero-order chi connectivity index (χ0) is 17.2. The number of rotatable bonds is 1. The lowest BCUT2D eigenvalue weighted by molar-refractivity contribution is 0.214. The highest BCUT2D eigenvalue weighted by atomic mass is 35.5. The molecule has 2 aromatic rings. The van der Waals surface area contributed by atoms with E-state index in [1.165, 1.54) is 0 Å². The van der Waals surface area contributed by atoms with Gasteiger partial charge in [-0.25, -0.2) is 4.99 Å². The van der Waals surface area contributed by atoms with E-state index in [2.05, 4.69) is 16.8 Å². The average Bonchev–Trinajstić information content (AvgIpc) is 2.82. The second-order valence-corrected chi connectivity index (χ2v) is 6.99. The van der Waals surface area contributed by atoms with E-state index in [9.17, 15) is 0 Å². The van der Waals surface area contributed by atoms with E-state index in [-0.39, 0.29) is 0 Å². The lowest BCUT2D eigenvalue weighted by Gasteiger charge is -2.34. The molecule has 2 aromatic carbocycles. The summed E-state index contributed by atoms with van der Waals surface area (Å²) in [5.41, 5.74) is 4.01. The van der Waals surface area contributed by atoms with E-state index in [4.69, 9.17) is 21.6 Å². The van der Waals surface area contributed by atoms with Crippen molar-refractivity contribution in [2.24, 2.45) is 9.98 Å². The fourth-order valence-electron chi connectivity index (χ4n) is 3.22. The van der Waals surface area contributed by atoms with Crippen LogP contribution < -0.4 is 0 Å². The summed E-state index contributed by atoms with van der Waals surface area (Å²) in [7, 11) is 2.17. The number of halogens is 1. The molecular weight excluding hydrogens is 332 g/mol. The molecule has 0 radical (unpaired) electrons. The third kappa shape index (κ3) is 3.60. The van der Waals surface area contributed by atoms with Gasteiger partial charge in [-0.1, -0.05) is 35.9 Å². The molecule has 2 aliphatic rings. The van der Waals surface area contributed by atoms with Crippen molar-refractivity contribution in [1.82, 2.24) is 9.80 Å². The van der Waals surface area contributed by atoms with Gasteiger partial charge >= 0.3 is 0 Å². The minimum Gasteiger partial charge on any atom is -0.357 e. The Bertz CT molecular complexity index is 818. The van der Waals surface area contributed by atoms with Crippen molar-refractivity contribution < 1.29 is 0 Å². The highest BCUT2D eigenvalue weighted by Gasteiger charge is 2.22. The molecule has 0 bridgehead atoms. The van der Waals surface area contributed by atoms with Crippen LogP contribution in [-0.2, 0) is 0 Å². The minimum absolute atomic E-state index is 0.736. The number of piperazine rings is 1. The van der Waals surface area contributed by atoms with Crippen LogP contribution in [-0.4, -0.2) is 54.6 Å². The van der Waals surface area contributed by atoms with Gasteiger partial charge in [0, 0.05) is 37.6 Å². The van der Waals surface area contributed by atoms with E-state index >= 15 is 0 Å². The molecule has 1 fully saturated rings. The lowest BCUT2D eigenvalue weighted by Crippen LogP contribution is -2.47. The first kappa shape index (κ1) is 16.3. The molecule has 0 aromatic heterocycles. The largest absolute Gasteiger partial charge is 0.357 e. The monoisotopic (exact) mass is 352 g/mol. The van der Waals surface area contributed by atoms with E-state index in [0.717, 1.165) is 66.1 Å². The smallest absolute Gasteiger partial charge is 0.111 e. The Kier molecular flexibility index (Phi) is 4.55. The molecule has 4 rings (SSSR count). The summed E-state index contributed by atoms with van der Waals surface area (Å²) in [4.78, 5) is 14.6. The highest BCUT2D eigenvalue weighted by Crippen LogP contribution is 2.32. The van der Waals surface area contributed by atoms with E-state index in [1.54, 1.807) is 0 Å². The molecule has 0 N–H and O–H groups in total. The minimum atomic E-state index is 0.736. The Balaban J connectivity index is 1.73. The first-order valence-corrected chi connectivity index (χ1v) is 9.00. The van der Waals surface area contributed by atoms with Crippen molar-refractivity contribution in [3.05, 3.63) is 59.1 Å². The van der Waals surface area contributed by atoms with Gasteiger partial charge in [-0.2, -0.15) is 0 Å². The van der Waals surface area contributed by atoms with Crippen LogP contribution in [0.25, 0.3) is 0 Å². The van der Waals surface area contributed by atoms with Gasteiger partial charge in [-0.3, -0.25) is 4.99 Å². The molecule has 0 saturated carbocycles.